The highest BCUT2D eigenvalue weighted by Gasteiger charge is 2.46. The zero-order valence-corrected chi connectivity index (χ0v) is 9.45. The van der Waals surface area contributed by atoms with E-state index in [9.17, 15) is 0 Å². The Morgan fingerprint density at radius 1 is 0.714 bits per heavy atom. The molecule has 1 saturated carbocycles. The van der Waals surface area contributed by atoms with Gasteiger partial charge >= 0.3 is 0 Å². The standard InChI is InChI=1S/C12H24O2/c1-3-9-10(4-2)12(6-8-14)11(9)5-7-13/h9-14H,3-8H2,1-2H3. The number of hydrogen-bond acceptors (Lipinski definition) is 2. The first kappa shape index (κ1) is 12.0. The lowest BCUT2D eigenvalue weighted by atomic mass is 9.53. The van der Waals surface area contributed by atoms with Gasteiger partial charge in [-0.05, 0) is 36.5 Å². The highest BCUT2D eigenvalue weighted by Crippen LogP contribution is 2.52. The Morgan fingerprint density at radius 3 is 1.29 bits per heavy atom. The Bertz CT molecular complexity index is 140. The molecule has 1 fully saturated rings. The van der Waals surface area contributed by atoms with Gasteiger partial charge in [0.25, 0.3) is 0 Å². The summed E-state index contributed by atoms with van der Waals surface area (Å²) in [6.45, 7) is 5.10. The van der Waals surface area contributed by atoms with Crippen LogP contribution in [0.15, 0.2) is 0 Å². The van der Waals surface area contributed by atoms with Gasteiger partial charge in [-0.15, -0.1) is 0 Å². The van der Waals surface area contributed by atoms with Crippen LogP contribution in [0.3, 0.4) is 0 Å². The highest BCUT2D eigenvalue weighted by atomic mass is 16.3. The predicted molar refractivity (Wildman–Crippen MR) is 57.9 cm³/mol. The van der Waals surface area contributed by atoms with Gasteiger partial charge in [0.15, 0.2) is 0 Å². The van der Waals surface area contributed by atoms with Crippen LogP contribution in [0, 0.1) is 23.7 Å². The van der Waals surface area contributed by atoms with E-state index in [1.165, 1.54) is 12.8 Å². The van der Waals surface area contributed by atoms with Crippen molar-refractivity contribution < 1.29 is 10.2 Å². The van der Waals surface area contributed by atoms with Gasteiger partial charge in [-0.1, -0.05) is 26.7 Å². The minimum Gasteiger partial charge on any atom is -0.396 e. The molecular weight excluding hydrogens is 176 g/mol. The van der Waals surface area contributed by atoms with Gasteiger partial charge in [-0.2, -0.15) is 0 Å². The van der Waals surface area contributed by atoms with Gasteiger partial charge in [0.05, 0.1) is 0 Å². The Morgan fingerprint density at radius 2 is 1.07 bits per heavy atom. The lowest BCUT2D eigenvalue weighted by Crippen LogP contribution is -2.47. The van der Waals surface area contributed by atoms with Gasteiger partial charge in [-0.3, -0.25) is 0 Å². The first-order valence-corrected chi connectivity index (χ1v) is 6.01. The van der Waals surface area contributed by atoms with Crippen molar-refractivity contribution >= 4 is 0 Å². The van der Waals surface area contributed by atoms with Gasteiger partial charge in [0.2, 0.25) is 0 Å². The Labute approximate surface area is 87.3 Å². The van der Waals surface area contributed by atoms with Crippen LogP contribution >= 0.6 is 0 Å². The Balaban J connectivity index is 2.51. The molecule has 1 aliphatic carbocycles. The molecule has 0 aromatic heterocycles. The predicted octanol–water partition coefficient (Wildman–Crippen LogP) is 2.05. The lowest BCUT2D eigenvalue weighted by molar-refractivity contribution is -0.0523. The van der Waals surface area contributed by atoms with Crippen molar-refractivity contribution in [1.29, 1.82) is 0 Å². The monoisotopic (exact) mass is 200 g/mol. The van der Waals surface area contributed by atoms with Gasteiger partial charge in [0, 0.05) is 13.2 Å². The molecule has 84 valence electrons. The zero-order valence-electron chi connectivity index (χ0n) is 9.45. The summed E-state index contributed by atoms with van der Waals surface area (Å²) in [6.07, 6.45) is 4.32. The quantitative estimate of drug-likeness (QED) is 0.689. The molecule has 0 aliphatic heterocycles. The molecule has 1 aliphatic rings. The summed E-state index contributed by atoms with van der Waals surface area (Å²) in [4.78, 5) is 0. The van der Waals surface area contributed by atoms with Crippen molar-refractivity contribution in [2.75, 3.05) is 13.2 Å². The van der Waals surface area contributed by atoms with E-state index in [1.807, 2.05) is 0 Å². The molecule has 4 atom stereocenters. The fourth-order valence-electron chi connectivity index (χ4n) is 3.49. The molecule has 14 heavy (non-hydrogen) atoms. The summed E-state index contributed by atoms with van der Waals surface area (Å²) in [5, 5.41) is 18.0. The third-order valence-corrected chi connectivity index (χ3v) is 4.07. The molecule has 0 saturated heterocycles. The molecule has 2 heteroatoms. The molecule has 0 bridgehead atoms. The maximum Gasteiger partial charge on any atom is 0.0433 e. The van der Waals surface area contributed by atoms with E-state index in [4.69, 9.17) is 10.2 Å². The van der Waals surface area contributed by atoms with E-state index < -0.39 is 0 Å². The molecule has 0 aromatic rings. The first-order chi connectivity index (χ1) is 6.79. The fourth-order valence-corrected chi connectivity index (χ4v) is 3.49. The summed E-state index contributed by atoms with van der Waals surface area (Å²) >= 11 is 0. The van der Waals surface area contributed by atoms with Crippen molar-refractivity contribution in [1.82, 2.24) is 0 Å². The molecule has 0 radical (unpaired) electrons. The van der Waals surface area contributed by atoms with E-state index >= 15 is 0 Å². The second-order valence-electron chi connectivity index (χ2n) is 4.50. The molecule has 1 rings (SSSR count). The summed E-state index contributed by atoms with van der Waals surface area (Å²) in [5.74, 6) is 2.93. The van der Waals surface area contributed by atoms with E-state index in [0.29, 0.717) is 25.0 Å². The van der Waals surface area contributed by atoms with Crippen LogP contribution in [0.5, 0.6) is 0 Å². The fraction of sp³-hybridized carbons (Fsp3) is 1.00. The first-order valence-electron chi connectivity index (χ1n) is 6.01. The summed E-state index contributed by atoms with van der Waals surface area (Å²) in [6, 6.07) is 0. The molecule has 2 nitrogen and oxygen atoms in total. The van der Waals surface area contributed by atoms with Crippen molar-refractivity contribution in [3.63, 3.8) is 0 Å². The molecule has 0 amide bonds. The zero-order chi connectivity index (χ0) is 10.6. The Kier molecular flexibility index (Phi) is 4.90. The number of aliphatic hydroxyl groups excluding tert-OH is 2. The number of hydrogen-bond donors (Lipinski definition) is 2. The number of rotatable bonds is 6. The van der Waals surface area contributed by atoms with E-state index in [-0.39, 0.29) is 0 Å². The molecule has 2 N–H and O–H groups in total. The molecule has 4 unspecified atom stereocenters. The van der Waals surface area contributed by atoms with Crippen LogP contribution in [0.4, 0.5) is 0 Å². The molecule has 0 spiro atoms. The summed E-state index contributed by atoms with van der Waals surface area (Å²) < 4.78 is 0. The van der Waals surface area contributed by atoms with Crippen LogP contribution in [-0.2, 0) is 0 Å². The van der Waals surface area contributed by atoms with Gasteiger partial charge < -0.3 is 10.2 Å². The second-order valence-corrected chi connectivity index (χ2v) is 4.50. The van der Waals surface area contributed by atoms with Crippen LogP contribution < -0.4 is 0 Å². The van der Waals surface area contributed by atoms with Crippen molar-refractivity contribution in [3.05, 3.63) is 0 Å². The van der Waals surface area contributed by atoms with Crippen LogP contribution in [0.25, 0.3) is 0 Å². The largest absolute Gasteiger partial charge is 0.396 e. The summed E-state index contributed by atoms with van der Waals surface area (Å²) in [5.41, 5.74) is 0. The maximum absolute atomic E-state index is 9.00. The smallest absolute Gasteiger partial charge is 0.0433 e. The molecule has 0 heterocycles. The normalized spacial score (nSPS) is 36.9. The minimum absolute atomic E-state index is 0.305. The van der Waals surface area contributed by atoms with Gasteiger partial charge in [-0.25, -0.2) is 0 Å². The third kappa shape index (κ3) is 2.12. The molecular formula is C12H24O2. The average Bonchev–Trinajstić information content (AvgIpc) is 2.19. The van der Waals surface area contributed by atoms with Crippen molar-refractivity contribution in [3.8, 4) is 0 Å². The minimum atomic E-state index is 0.305. The van der Waals surface area contributed by atoms with E-state index in [0.717, 1.165) is 24.7 Å². The summed E-state index contributed by atoms with van der Waals surface area (Å²) in [7, 11) is 0. The SMILES string of the molecule is CCC1C(CC)C(CCO)C1CCO. The van der Waals surface area contributed by atoms with E-state index in [2.05, 4.69) is 13.8 Å². The van der Waals surface area contributed by atoms with Crippen molar-refractivity contribution in [2.24, 2.45) is 23.7 Å². The van der Waals surface area contributed by atoms with Crippen LogP contribution in [-0.4, -0.2) is 23.4 Å². The lowest BCUT2D eigenvalue weighted by Gasteiger charge is -2.52. The van der Waals surface area contributed by atoms with Crippen molar-refractivity contribution in [2.45, 2.75) is 39.5 Å². The Hall–Kier alpha value is -0.0800. The average molecular weight is 200 g/mol. The highest BCUT2D eigenvalue weighted by molar-refractivity contribution is 4.95. The second kappa shape index (κ2) is 5.72. The maximum atomic E-state index is 9.00. The van der Waals surface area contributed by atoms with Gasteiger partial charge in [0.1, 0.15) is 0 Å². The van der Waals surface area contributed by atoms with Crippen LogP contribution in [0.2, 0.25) is 0 Å². The third-order valence-electron chi connectivity index (χ3n) is 4.07. The molecule has 0 aromatic carbocycles. The topological polar surface area (TPSA) is 40.5 Å². The number of aliphatic hydroxyl groups is 2. The van der Waals surface area contributed by atoms with Crippen LogP contribution in [0.1, 0.15) is 39.5 Å². The van der Waals surface area contributed by atoms with E-state index in [1.54, 1.807) is 0 Å².